The molecule has 1 saturated heterocycles. The SMILES string of the molecule is CC12OOC(C)(c3ccccc31)C1C=CC=CC12. The summed E-state index contributed by atoms with van der Waals surface area (Å²) in [6, 6.07) is 8.49. The molecule has 4 aliphatic rings. The second-order valence-electron chi connectivity index (χ2n) is 5.75. The highest BCUT2D eigenvalue weighted by Gasteiger charge is 2.61. The Balaban J connectivity index is 2.04. The van der Waals surface area contributed by atoms with E-state index in [4.69, 9.17) is 9.78 Å². The Labute approximate surface area is 107 Å². The molecule has 4 unspecified atom stereocenters. The standard InChI is InChI=1S/C16H16O2/c1-15-11-7-3-5-9-13(11)16(2,18-17-15)14-10-6-4-8-12(14)15/h3-11,13H,1-2H3. The molecule has 2 heterocycles. The van der Waals surface area contributed by atoms with E-state index in [1.54, 1.807) is 0 Å². The van der Waals surface area contributed by atoms with Crippen LogP contribution in [-0.4, -0.2) is 0 Å². The van der Waals surface area contributed by atoms with Gasteiger partial charge in [0, 0.05) is 11.8 Å². The lowest BCUT2D eigenvalue weighted by Gasteiger charge is -2.57. The molecule has 0 amide bonds. The number of benzene rings is 1. The molecule has 0 aromatic heterocycles. The van der Waals surface area contributed by atoms with Gasteiger partial charge in [-0.1, -0.05) is 48.6 Å². The maximum atomic E-state index is 5.78. The molecule has 1 aromatic carbocycles. The predicted octanol–water partition coefficient (Wildman–Crippen LogP) is 3.45. The quantitative estimate of drug-likeness (QED) is 0.647. The van der Waals surface area contributed by atoms with Crippen molar-refractivity contribution >= 4 is 0 Å². The summed E-state index contributed by atoms with van der Waals surface area (Å²) in [4.78, 5) is 11.6. The highest BCUT2D eigenvalue weighted by atomic mass is 17.2. The van der Waals surface area contributed by atoms with Crippen molar-refractivity contribution in [3.8, 4) is 0 Å². The van der Waals surface area contributed by atoms with Crippen LogP contribution in [-0.2, 0) is 21.0 Å². The average molecular weight is 240 g/mol. The molecule has 2 nitrogen and oxygen atoms in total. The van der Waals surface area contributed by atoms with Gasteiger partial charge in [-0.3, -0.25) is 0 Å². The largest absolute Gasteiger partial charge is 0.224 e. The van der Waals surface area contributed by atoms with E-state index in [9.17, 15) is 0 Å². The van der Waals surface area contributed by atoms with E-state index in [1.807, 2.05) is 0 Å². The van der Waals surface area contributed by atoms with Crippen LogP contribution in [0.1, 0.15) is 25.0 Å². The third-order valence-corrected chi connectivity index (χ3v) is 4.79. The summed E-state index contributed by atoms with van der Waals surface area (Å²) in [6.07, 6.45) is 8.73. The van der Waals surface area contributed by atoms with Crippen molar-refractivity contribution in [1.29, 1.82) is 0 Å². The smallest absolute Gasteiger partial charge is 0.133 e. The lowest BCUT2D eigenvalue weighted by molar-refractivity contribution is -0.477. The van der Waals surface area contributed by atoms with Crippen LogP contribution in [0.2, 0.25) is 0 Å². The van der Waals surface area contributed by atoms with Crippen molar-refractivity contribution in [3.05, 3.63) is 59.7 Å². The number of hydrogen-bond acceptors (Lipinski definition) is 2. The van der Waals surface area contributed by atoms with Gasteiger partial charge < -0.3 is 0 Å². The first kappa shape index (κ1) is 10.5. The Hall–Kier alpha value is -1.38. The van der Waals surface area contributed by atoms with Gasteiger partial charge in [0.15, 0.2) is 0 Å². The van der Waals surface area contributed by atoms with Crippen LogP contribution in [0.5, 0.6) is 0 Å². The lowest BCUT2D eigenvalue weighted by Crippen LogP contribution is -2.58. The van der Waals surface area contributed by atoms with E-state index >= 15 is 0 Å². The molecule has 2 heteroatoms. The minimum atomic E-state index is -0.375. The minimum Gasteiger partial charge on any atom is -0.224 e. The van der Waals surface area contributed by atoms with Gasteiger partial charge in [0.05, 0.1) is 0 Å². The molecule has 2 aliphatic heterocycles. The van der Waals surface area contributed by atoms with E-state index in [1.165, 1.54) is 11.1 Å². The van der Waals surface area contributed by atoms with E-state index in [0.29, 0.717) is 11.8 Å². The van der Waals surface area contributed by atoms with Gasteiger partial charge in [-0.15, -0.1) is 0 Å². The summed E-state index contributed by atoms with van der Waals surface area (Å²) in [5, 5.41) is 0. The molecular formula is C16H16O2. The fourth-order valence-electron chi connectivity index (χ4n) is 3.74. The van der Waals surface area contributed by atoms with Gasteiger partial charge in [-0.25, -0.2) is 9.78 Å². The van der Waals surface area contributed by atoms with Gasteiger partial charge in [0.1, 0.15) is 11.2 Å². The molecule has 0 saturated carbocycles. The van der Waals surface area contributed by atoms with Crippen molar-refractivity contribution in [1.82, 2.24) is 0 Å². The van der Waals surface area contributed by atoms with Crippen LogP contribution in [0, 0.1) is 11.8 Å². The second kappa shape index (κ2) is 3.14. The molecule has 1 fully saturated rings. The topological polar surface area (TPSA) is 18.5 Å². The molecule has 0 N–H and O–H groups in total. The van der Waals surface area contributed by atoms with Crippen molar-refractivity contribution in [2.75, 3.05) is 0 Å². The van der Waals surface area contributed by atoms with Crippen LogP contribution in [0.3, 0.4) is 0 Å². The number of rotatable bonds is 0. The summed E-state index contributed by atoms with van der Waals surface area (Å²) in [7, 11) is 0. The fourth-order valence-corrected chi connectivity index (χ4v) is 3.74. The molecule has 0 spiro atoms. The molecule has 2 bridgehead atoms. The summed E-state index contributed by atoms with van der Waals surface area (Å²) in [6.45, 7) is 4.26. The van der Waals surface area contributed by atoms with Crippen LogP contribution >= 0.6 is 0 Å². The minimum absolute atomic E-state index is 0.344. The van der Waals surface area contributed by atoms with E-state index in [2.05, 4.69) is 62.4 Å². The van der Waals surface area contributed by atoms with Crippen molar-refractivity contribution in [3.63, 3.8) is 0 Å². The Morgan fingerprint density at radius 3 is 1.72 bits per heavy atom. The summed E-state index contributed by atoms with van der Waals surface area (Å²) in [5.74, 6) is 0.687. The Bertz CT molecular complexity index is 523. The molecule has 2 aliphatic carbocycles. The Morgan fingerprint density at radius 1 is 0.833 bits per heavy atom. The molecule has 92 valence electrons. The van der Waals surface area contributed by atoms with Gasteiger partial charge in [-0.2, -0.15) is 0 Å². The zero-order valence-corrected chi connectivity index (χ0v) is 10.6. The van der Waals surface area contributed by atoms with Crippen molar-refractivity contribution < 1.29 is 9.78 Å². The summed E-state index contributed by atoms with van der Waals surface area (Å²) in [5.41, 5.74) is 1.78. The molecular weight excluding hydrogens is 224 g/mol. The van der Waals surface area contributed by atoms with Gasteiger partial charge in [0.2, 0.25) is 0 Å². The van der Waals surface area contributed by atoms with E-state index in [0.717, 1.165) is 0 Å². The van der Waals surface area contributed by atoms with Crippen LogP contribution in [0.15, 0.2) is 48.6 Å². The molecule has 4 atom stereocenters. The summed E-state index contributed by atoms with van der Waals surface area (Å²) >= 11 is 0. The average Bonchev–Trinajstić information content (AvgIpc) is 2.43. The third-order valence-electron chi connectivity index (χ3n) is 4.79. The Morgan fingerprint density at radius 2 is 1.28 bits per heavy atom. The van der Waals surface area contributed by atoms with Gasteiger partial charge >= 0.3 is 0 Å². The zero-order chi connectivity index (χ0) is 12.4. The van der Waals surface area contributed by atoms with Crippen LogP contribution in [0.25, 0.3) is 0 Å². The summed E-state index contributed by atoms with van der Waals surface area (Å²) < 4.78 is 0. The zero-order valence-electron chi connectivity index (χ0n) is 10.6. The first-order valence-corrected chi connectivity index (χ1v) is 6.48. The third kappa shape index (κ3) is 1.02. The van der Waals surface area contributed by atoms with Crippen LogP contribution < -0.4 is 0 Å². The second-order valence-corrected chi connectivity index (χ2v) is 5.75. The molecule has 1 aromatic rings. The first-order chi connectivity index (χ1) is 8.66. The monoisotopic (exact) mass is 240 g/mol. The van der Waals surface area contributed by atoms with Crippen molar-refractivity contribution in [2.45, 2.75) is 25.0 Å². The normalized spacial score (nSPS) is 43.7. The number of fused-ring (bicyclic) bond motifs is 1. The first-order valence-electron chi connectivity index (χ1n) is 6.48. The molecule has 0 radical (unpaired) electrons. The Kier molecular flexibility index (Phi) is 1.84. The van der Waals surface area contributed by atoms with Gasteiger partial charge in [-0.05, 0) is 25.0 Å². The maximum absolute atomic E-state index is 5.78. The maximum Gasteiger partial charge on any atom is 0.133 e. The van der Waals surface area contributed by atoms with E-state index < -0.39 is 0 Å². The number of hydrogen-bond donors (Lipinski definition) is 0. The highest BCUT2D eigenvalue weighted by Crippen LogP contribution is 2.60. The highest BCUT2D eigenvalue weighted by molar-refractivity contribution is 5.45. The van der Waals surface area contributed by atoms with Crippen molar-refractivity contribution in [2.24, 2.45) is 11.8 Å². The number of allylic oxidation sites excluding steroid dienone is 2. The lowest BCUT2D eigenvalue weighted by atomic mass is 9.58. The molecule has 18 heavy (non-hydrogen) atoms. The predicted molar refractivity (Wildman–Crippen MR) is 68.6 cm³/mol. The molecule has 5 rings (SSSR count). The van der Waals surface area contributed by atoms with Gasteiger partial charge in [0.25, 0.3) is 0 Å². The van der Waals surface area contributed by atoms with Crippen LogP contribution in [0.4, 0.5) is 0 Å². The fraction of sp³-hybridized carbons (Fsp3) is 0.375. The van der Waals surface area contributed by atoms with E-state index in [-0.39, 0.29) is 11.2 Å².